The zero-order valence-electron chi connectivity index (χ0n) is 5.06. The van der Waals surface area contributed by atoms with Crippen LogP contribution in [0, 0.1) is 0 Å². The molecule has 0 fully saturated rings. The highest BCUT2D eigenvalue weighted by Gasteiger charge is 2.00. The fourth-order valence-electron chi connectivity index (χ4n) is 0.0550. The SMILES string of the molecule is FC=CC(F)F.O=P(O)(O)O. The average Bonchev–Trinajstić information content (AvgIpc) is 1.58. The van der Waals surface area contributed by atoms with E-state index in [9.17, 15) is 13.2 Å². The van der Waals surface area contributed by atoms with Gasteiger partial charge in [0.1, 0.15) is 0 Å². The molecule has 0 spiro atoms. The summed E-state index contributed by atoms with van der Waals surface area (Å²) in [6.45, 7) is 0. The summed E-state index contributed by atoms with van der Waals surface area (Å²) < 4.78 is 40.9. The van der Waals surface area contributed by atoms with Crippen LogP contribution in [0.5, 0.6) is 0 Å². The van der Waals surface area contributed by atoms with Crippen LogP contribution in [-0.4, -0.2) is 21.1 Å². The number of halogens is 3. The molecule has 0 heterocycles. The summed E-state index contributed by atoms with van der Waals surface area (Å²) >= 11 is 0. The van der Waals surface area contributed by atoms with Gasteiger partial charge in [0.25, 0.3) is 6.43 Å². The first-order valence-corrected chi connectivity index (χ1v) is 3.67. The maximum absolute atomic E-state index is 10.7. The Bertz CT molecular complexity index is 144. The van der Waals surface area contributed by atoms with Gasteiger partial charge in [-0.05, 0) is 0 Å². The van der Waals surface area contributed by atoms with Gasteiger partial charge in [-0.1, -0.05) is 0 Å². The van der Waals surface area contributed by atoms with Crippen molar-refractivity contribution >= 4 is 7.82 Å². The second kappa shape index (κ2) is 6.36. The molecule has 0 saturated heterocycles. The van der Waals surface area contributed by atoms with Crippen molar-refractivity contribution in [2.45, 2.75) is 6.43 Å². The first-order chi connectivity index (χ1) is 4.77. The molecule has 0 unspecified atom stereocenters. The predicted molar refractivity (Wildman–Crippen MR) is 30.5 cm³/mol. The minimum Gasteiger partial charge on any atom is -0.303 e. The van der Waals surface area contributed by atoms with Gasteiger partial charge in [0.2, 0.25) is 0 Å². The molecule has 0 aromatic carbocycles. The Morgan fingerprint density at radius 2 is 1.55 bits per heavy atom. The van der Waals surface area contributed by atoms with Crippen LogP contribution in [0.1, 0.15) is 0 Å². The van der Waals surface area contributed by atoms with E-state index >= 15 is 0 Å². The lowest BCUT2D eigenvalue weighted by Crippen LogP contribution is -1.76. The second-order valence-electron chi connectivity index (χ2n) is 1.17. The maximum Gasteiger partial charge on any atom is 0.466 e. The summed E-state index contributed by atoms with van der Waals surface area (Å²) in [6.07, 6.45) is -2.67. The van der Waals surface area contributed by atoms with E-state index in [1.165, 1.54) is 0 Å². The molecule has 0 aromatic heterocycles. The van der Waals surface area contributed by atoms with Gasteiger partial charge in [0.05, 0.1) is 6.33 Å². The summed E-state index contributed by atoms with van der Waals surface area (Å²) in [7, 11) is -4.64. The highest BCUT2D eigenvalue weighted by atomic mass is 31.2. The molecular formula is C3H6F3O4P. The van der Waals surface area contributed by atoms with Crippen molar-refractivity contribution in [1.29, 1.82) is 0 Å². The molecule has 8 heteroatoms. The average molecular weight is 194 g/mol. The molecule has 68 valence electrons. The van der Waals surface area contributed by atoms with Crippen molar-refractivity contribution in [3.05, 3.63) is 12.4 Å². The number of hydrogen-bond acceptors (Lipinski definition) is 1. The minimum atomic E-state index is -4.64. The summed E-state index contributed by atoms with van der Waals surface area (Å²) in [6, 6.07) is 0. The summed E-state index contributed by atoms with van der Waals surface area (Å²) in [4.78, 5) is 21.6. The fourth-order valence-corrected chi connectivity index (χ4v) is 0.0550. The van der Waals surface area contributed by atoms with Gasteiger partial charge in [-0.25, -0.2) is 17.7 Å². The smallest absolute Gasteiger partial charge is 0.303 e. The van der Waals surface area contributed by atoms with Gasteiger partial charge >= 0.3 is 7.82 Å². The van der Waals surface area contributed by atoms with E-state index in [4.69, 9.17) is 19.2 Å². The van der Waals surface area contributed by atoms with Crippen molar-refractivity contribution in [1.82, 2.24) is 0 Å². The zero-order chi connectivity index (χ0) is 9.49. The molecule has 0 aromatic rings. The number of allylic oxidation sites excluding steroid dienone is 1. The van der Waals surface area contributed by atoms with Gasteiger partial charge in [-0.3, -0.25) is 0 Å². The number of rotatable bonds is 1. The molecule has 0 aliphatic heterocycles. The molecule has 4 nitrogen and oxygen atoms in total. The summed E-state index contributed by atoms with van der Waals surface area (Å²) in [5.41, 5.74) is 0. The van der Waals surface area contributed by atoms with Crippen molar-refractivity contribution < 1.29 is 32.4 Å². The van der Waals surface area contributed by atoms with Gasteiger partial charge in [-0.15, -0.1) is 0 Å². The summed E-state index contributed by atoms with van der Waals surface area (Å²) in [5.74, 6) is 0. The predicted octanol–water partition coefficient (Wildman–Crippen LogP) is 0.806. The molecule has 0 saturated carbocycles. The van der Waals surface area contributed by atoms with Crippen LogP contribution in [0.25, 0.3) is 0 Å². The topological polar surface area (TPSA) is 77.8 Å². The number of hydrogen-bond donors (Lipinski definition) is 3. The van der Waals surface area contributed by atoms with Crippen molar-refractivity contribution in [3.8, 4) is 0 Å². The van der Waals surface area contributed by atoms with Crippen LogP contribution in [-0.2, 0) is 4.57 Å². The van der Waals surface area contributed by atoms with E-state index in [1.54, 1.807) is 0 Å². The lowest BCUT2D eigenvalue weighted by Gasteiger charge is -1.82. The molecule has 0 amide bonds. The molecular weight excluding hydrogens is 188 g/mol. The summed E-state index contributed by atoms with van der Waals surface area (Å²) in [5, 5.41) is 0. The van der Waals surface area contributed by atoms with Crippen LogP contribution >= 0.6 is 7.82 Å². The number of phosphoric acid groups is 1. The normalized spacial score (nSPS) is 11.5. The molecule has 3 N–H and O–H groups in total. The Morgan fingerprint density at radius 1 is 1.27 bits per heavy atom. The molecule has 11 heavy (non-hydrogen) atoms. The third-order valence-corrected chi connectivity index (χ3v) is 0.218. The second-order valence-corrected chi connectivity index (χ2v) is 2.19. The highest BCUT2D eigenvalue weighted by Crippen LogP contribution is 2.25. The van der Waals surface area contributed by atoms with E-state index in [0.29, 0.717) is 0 Å². The third kappa shape index (κ3) is 80.7. The van der Waals surface area contributed by atoms with E-state index in [-0.39, 0.29) is 12.4 Å². The lowest BCUT2D eigenvalue weighted by atomic mass is 10.7. The van der Waals surface area contributed by atoms with E-state index < -0.39 is 14.2 Å². The number of alkyl halides is 2. The molecule has 0 bridgehead atoms. The van der Waals surface area contributed by atoms with Crippen LogP contribution in [0.2, 0.25) is 0 Å². The third-order valence-electron chi connectivity index (χ3n) is 0.218. The van der Waals surface area contributed by atoms with E-state index in [1.807, 2.05) is 0 Å². The lowest BCUT2D eigenvalue weighted by molar-refractivity contribution is 0.202. The highest BCUT2D eigenvalue weighted by molar-refractivity contribution is 7.45. The van der Waals surface area contributed by atoms with Gasteiger partial charge in [-0.2, -0.15) is 0 Å². The van der Waals surface area contributed by atoms with Crippen molar-refractivity contribution in [3.63, 3.8) is 0 Å². The minimum absolute atomic E-state index is 0.167. The van der Waals surface area contributed by atoms with Crippen molar-refractivity contribution in [2.75, 3.05) is 0 Å². The molecule has 0 rings (SSSR count). The van der Waals surface area contributed by atoms with Gasteiger partial charge in [0, 0.05) is 6.08 Å². The zero-order valence-corrected chi connectivity index (χ0v) is 5.96. The molecule has 0 aliphatic rings. The maximum atomic E-state index is 10.7. The van der Waals surface area contributed by atoms with Gasteiger partial charge in [0.15, 0.2) is 0 Å². The molecule has 0 radical (unpaired) electrons. The van der Waals surface area contributed by atoms with Gasteiger partial charge < -0.3 is 14.7 Å². The molecule has 0 aliphatic carbocycles. The van der Waals surface area contributed by atoms with Crippen LogP contribution in [0.4, 0.5) is 13.2 Å². The van der Waals surface area contributed by atoms with E-state index in [0.717, 1.165) is 0 Å². The quantitative estimate of drug-likeness (QED) is 0.539. The largest absolute Gasteiger partial charge is 0.466 e. The Hall–Kier alpha value is -0.360. The van der Waals surface area contributed by atoms with Crippen LogP contribution < -0.4 is 0 Å². The van der Waals surface area contributed by atoms with E-state index in [2.05, 4.69) is 0 Å². The van der Waals surface area contributed by atoms with Crippen LogP contribution in [0.3, 0.4) is 0 Å². The standard InChI is InChI=1S/C3H3F3.H3O4P/c4-2-1-3(5)6;1-5(2,3)4/h1-3H;(H3,1,2,3,4). The Morgan fingerprint density at radius 3 is 1.55 bits per heavy atom. The van der Waals surface area contributed by atoms with Crippen molar-refractivity contribution in [2.24, 2.45) is 0 Å². The first-order valence-electron chi connectivity index (χ1n) is 2.10. The fraction of sp³-hybridized carbons (Fsp3) is 0.333. The molecule has 0 atom stereocenters. The van der Waals surface area contributed by atoms with Crippen LogP contribution in [0.15, 0.2) is 12.4 Å². The Balaban J connectivity index is 0. The first kappa shape index (κ1) is 13.2. The monoisotopic (exact) mass is 194 g/mol. The Labute approximate surface area is 60.2 Å². The Kier molecular flexibility index (Phi) is 7.65.